The summed E-state index contributed by atoms with van der Waals surface area (Å²) >= 11 is 0. The van der Waals surface area contributed by atoms with Gasteiger partial charge in [0.15, 0.2) is 0 Å². The first kappa shape index (κ1) is 19.2. The van der Waals surface area contributed by atoms with E-state index in [1.807, 2.05) is 0 Å². The molecule has 0 heterocycles. The lowest BCUT2D eigenvalue weighted by molar-refractivity contribution is -0.138. The van der Waals surface area contributed by atoms with Crippen LogP contribution < -0.4 is 15.4 Å². The number of ether oxygens (including phenoxy) is 1. The largest absolute Gasteiger partial charge is 0.490 e. The minimum atomic E-state index is -1.24. The van der Waals surface area contributed by atoms with Crippen LogP contribution in [0.15, 0.2) is 24.3 Å². The Morgan fingerprint density at radius 1 is 1.08 bits per heavy atom. The van der Waals surface area contributed by atoms with Crippen LogP contribution >= 0.6 is 0 Å². The van der Waals surface area contributed by atoms with Crippen molar-refractivity contribution in [3.05, 3.63) is 24.3 Å². The van der Waals surface area contributed by atoms with Crippen LogP contribution in [0.2, 0.25) is 0 Å². The summed E-state index contributed by atoms with van der Waals surface area (Å²) in [5, 5.41) is 23.1. The van der Waals surface area contributed by atoms with Gasteiger partial charge in [-0.2, -0.15) is 0 Å². The van der Waals surface area contributed by atoms with Crippen molar-refractivity contribution in [2.24, 2.45) is 0 Å². The van der Waals surface area contributed by atoms with E-state index in [-0.39, 0.29) is 6.10 Å². The number of carbonyl (C=O) groups is 2. The quantitative estimate of drug-likeness (QED) is 0.577. The van der Waals surface area contributed by atoms with E-state index < -0.39 is 30.6 Å². The molecule has 1 aliphatic rings. The van der Waals surface area contributed by atoms with Crippen LogP contribution in [0.4, 0.5) is 5.69 Å². The SMILES string of the molecule is CC(CO)(CO)NC(=O)C(=O)Nc1ccc(OC2CCCCC2)cc1. The number of carbonyl (C=O) groups excluding carboxylic acids is 2. The van der Waals surface area contributed by atoms with Crippen LogP contribution in [0.1, 0.15) is 39.0 Å². The number of amides is 2. The van der Waals surface area contributed by atoms with Crippen LogP contribution in [0.3, 0.4) is 0 Å². The highest BCUT2D eigenvalue weighted by Gasteiger charge is 2.27. The van der Waals surface area contributed by atoms with Crippen LogP contribution in [-0.2, 0) is 9.59 Å². The molecule has 7 heteroatoms. The zero-order valence-electron chi connectivity index (χ0n) is 14.5. The van der Waals surface area contributed by atoms with Crippen LogP contribution in [0.25, 0.3) is 0 Å². The van der Waals surface area contributed by atoms with E-state index >= 15 is 0 Å². The van der Waals surface area contributed by atoms with Gasteiger partial charge in [-0.3, -0.25) is 9.59 Å². The molecular formula is C18H26N2O5. The predicted octanol–water partition coefficient (Wildman–Crippen LogP) is 1.20. The molecule has 4 N–H and O–H groups in total. The zero-order chi connectivity index (χ0) is 18.3. The van der Waals surface area contributed by atoms with E-state index in [1.165, 1.54) is 26.2 Å². The minimum absolute atomic E-state index is 0.245. The maximum absolute atomic E-state index is 11.9. The highest BCUT2D eigenvalue weighted by Crippen LogP contribution is 2.24. The average Bonchev–Trinajstić information content (AvgIpc) is 2.64. The molecule has 0 aromatic heterocycles. The Morgan fingerprint density at radius 3 is 2.24 bits per heavy atom. The van der Waals surface area contributed by atoms with Crippen LogP contribution in [0, 0.1) is 0 Å². The van der Waals surface area contributed by atoms with Gasteiger partial charge in [-0.15, -0.1) is 0 Å². The van der Waals surface area contributed by atoms with Gasteiger partial charge in [0.25, 0.3) is 0 Å². The van der Waals surface area contributed by atoms with Crippen molar-refractivity contribution in [1.29, 1.82) is 0 Å². The van der Waals surface area contributed by atoms with Gasteiger partial charge >= 0.3 is 11.8 Å². The molecule has 0 spiro atoms. The number of hydrogen-bond acceptors (Lipinski definition) is 5. The normalized spacial score (nSPS) is 15.5. The molecule has 0 saturated heterocycles. The molecule has 7 nitrogen and oxygen atoms in total. The standard InChI is InChI=1S/C18H26N2O5/c1-18(11-21,12-22)20-17(24)16(23)19-13-7-9-15(10-8-13)25-14-5-3-2-4-6-14/h7-10,14,21-22H,2-6,11-12H2,1H3,(H,19,23)(H,20,24). The summed E-state index contributed by atoms with van der Waals surface area (Å²) in [5.41, 5.74) is -0.780. The summed E-state index contributed by atoms with van der Waals surface area (Å²) in [5.74, 6) is -1.05. The monoisotopic (exact) mass is 350 g/mol. The number of nitrogens with one attached hydrogen (secondary N) is 2. The molecule has 1 aromatic carbocycles. The van der Waals surface area contributed by atoms with Crippen molar-refractivity contribution in [3.8, 4) is 5.75 Å². The van der Waals surface area contributed by atoms with E-state index in [2.05, 4.69) is 10.6 Å². The third kappa shape index (κ3) is 5.72. The number of benzene rings is 1. The lowest BCUT2D eigenvalue weighted by Crippen LogP contribution is -2.54. The number of aliphatic hydroxyl groups is 2. The van der Waals surface area contributed by atoms with E-state index in [1.54, 1.807) is 24.3 Å². The predicted molar refractivity (Wildman–Crippen MR) is 93.3 cm³/mol. The molecule has 0 atom stereocenters. The van der Waals surface area contributed by atoms with Crippen molar-refractivity contribution >= 4 is 17.5 Å². The van der Waals surface area contributed by atoms with Gasteiger partial charge in [0.2, 0.25) is 0 Å². The number of anilines is 1. The second kappa shape index (κ2) is 8.82. The number of hydrogen-bond donors (Lipinski definition) is 4. The molecule has 2 rings (SSSR count). The number of aliphatic hydroxyl groups excluding tert-OH is 2. The Kier molecular flexibility index (Phi) is 6.78. The van der Waals surface area contributed by atoms with Crippen LogP contribution in [-0.4, -0.2) is 46.9 Å². The fourth-order valence-corrected chi connectivity index (χ4v) is 2.64. The summed E-state index contributed by atoms with van der Waals surface area (Å²) in [7, 11) is 0. The van der Waals surface area contributed by atoms with Gasteiger partial charge < -0.3 is 25.6 Å². The number of rotatable bonds is 6. The van der Waals surface area contributed by atoms with Gasteiger partial charge in [0, 0.05) is 5.69 Å². The Balaban J connectivity index is 1.87. The summed E-state index contributed by atoms with van der Waals surface area (Å²) in [4.78, 5) is 23.7. The molecule has 25 heavy (non-hydrogen) atoms. The third-order valence-electron chi connectivity index (χ3n) is 4.29. The third-order valence-corrected chi connectivity index (χ3v) is 4.29. The first-order valence-electron chi connectivity index (χ1n) is 8.58. The fraction of sp³-hybridized carbons (Fsp3) is 0.556. The van der Waals surface area contributed by atoms with Gasteiger partial charge in [0.1, 0.15) is 5.75 Å². The van der Waals surface area contributed by atoms with E-state index in [0.717, 1.165) is 18.6 Å². The topological polar surface area (TPSA) is 108 Å². The molecule has 1 fully saturated rings. The fourth-order valence-electron chi connectivity index (χ4n) is 2.64. The maximum Gasteiger partial charge on any atom is 0.313 e. The molecule has 0 unspecified atom stereocenters. The van der Waals surface area contributed by atoms with Crippen molar-refractivity contribution in [3.63, 3.8) is 0 Å². The lowest BCUT2D eigenvalue weighted by atomic mass is 9.98. The lowest BCUT2D eigenvalue weighted by Gasteiger charge is -2.25. The Morgan fingerprint density at radius 2 is 1.68 bits per heavy atom. The van der Waals surface area contributed by atoms with Crippen LogP contribution in [0.5, 0.6) is 5.75 Å². The van der Waals surface area contributed by atoms with E-state index in [4.69, 9.17) is 14.9 Å². The highest BCUT2D eigenvalue weighted by atomic mass is 16.5. The molecule has 1 aliphatic carbocycles. The first-order valence-corrected chi connectivity index (χ1v) is 8.58. The molecule has 0 radical (unpaired) electrons. The highest BCUT2D eigenvalue weighted by molar-refractivity contribution is 6.39. The summed E-state index contributed by atoms with van der Waals surface area (Å²) < 4.78 is 5.91. The maximum atomic E-state index is 11.9. The molecule has 0 bridgehead atoms. The zero-order valence-corrected chi connectivity index (χ0v) is 14.5. The molecule has 1 aromatic rings. The molecule has 1 saturated carbocycles. The van der Waals surface area contributed by atoms with Gasteiger partial charge in [0.05, 0.1) is 24.9 Å². The second-order valence-corrected chi connectivity index (χ2v) is 6.69. The average molecular weight is 350 g/mol. The van der Waals surface area contributed by atoms with Crippen molar-refractivity contribution in [2.75, 3.05) is 18.5 Å². The summed E-state index contributed by atoms with van der Waals surface area (Å²) in [6.07, 6.45) is 6.01. The van der Waals surface area contributed by atoms with E-state index in [9.17, 15) is 9.59 Å². The molecule has 0 aliphatic heterocycles. The molecular weight excluding hydrogens is 324 g/mol. The minimum Gasteiger partial charge on any atom is -0.490 e. The Hall–Kier alpha value is -2.12. The van der Waals surface area contributed by atoms with E-state index in [0.29, 0.717) is 5.69 Å². The first-order chi connectivity index (χ1) is 12.0. The second-order valence-electron chi connectivity index (χ2n) is 6.69. The summed E-state index contributed by atoms with van der Waals surface area (Å²) in [6.45, 7) is 0.487. The Labute approximate surface area is 147 Å². The summed E-state index contributed by atoms with van der Waals surface area (Å²) in [6, 6.07) is 6.85. The molecule has 138 valence electrons. The smallest absolute Gasteiger partial charge is 0.313 e. The van der Waals surface area contributed by atoms with Crippen molar-refractivity contribution in [1.82, 2.24) is 5.32 Å². The Bertz CT molecular complexity index is 578. The molecule has 2 amide bonds. The van der Waals surface area contributed by atoms with Gasteiger partial charge in [-0.1, -0.05) is 6.42 Å². The van der Waals surface area contributed by atoms with Gasteiger partial charge in [-0.25, -0.2) is 0 Å². The van der Waals surface area contributed by atoms with Crippen molar-refractivity contribution < 1.29 is 24.5 Å². The van der Waals surface area contributed by atoms with Crippen molar-refractivity contribution in [2.45, 2.75) is 50.7 Å². The van der Waals surface area contributed by atoms with Gasteiger partial charge in [-0.05, 0) is 56.9 Å².